The summed E-state index contributed by atoms with van der Waals surface area (Å²) in [6, 6.07) is 0. The number of hydrogen-bond acceptors (Lipinski definition) is 5. The van der Waals surface area contributed by atoms with E-state index in [0.29, 0.717) is 25.2 Å². The molecule has 0 N–H and O–H groups in total. The van der Waals surface area contributed by atoms with Gasteiger partial charge in [0.05, 0.1) is 31.7 Å². The molecule has 0 bridgehead atoms. The van der Waals surface area contributed by atoms with Crippen LogP contribution in [0.4, 0.5) is 0 Å². The monoisotopic (exact) mass is 298 g/mol. The zero-order valence-electron chi connectivity index (χ0n) is 13.4. The minimum atomic E-state index is -0.488. The summed E-state index contributed by atoms with van der Waals surface area (Å²) in [5.41, 5.74) is 0.863. The number of esters is 2. The van der Waals surface area contributed by atoms with Gasteiger partial charge in [-0.1, -0.05) is 13.3 Å². The van der Waals surface area contributed by atoms with E-state index < -0.39 is 11.9 Å². The molecule has 0 atom stereocenters. The van der Waals surface area contributed by atoms with Crippen molar-refractivity contribution in [1.82, 2.24) is 0 Å². The molecule has 0 spiro atoms. The van der Waals surface area contributed by atoms with Gasteiger partial charge in [0.1, 0.15) is 0 Å². The quantitative estimate of drug-likeness (QED) is 0.268. The molecule has 0 fully saturated rings. The molecule has 0 aromatic rings. The SMILES string of the molecule is CCCCC(=CC(=O)OCC)C(=COCC)C(=O)OCC. The van der Waals surface area contributed by atoms with E-state index in [2.05, 4.69) is 0 Å². The number of ether oxygens (including phenoxy) is 3. The largest absolute Gasteiger partial charge is 0.501 e. The van der Waals surface area contributed by atoms with E-state index in [1.807, 2.05) is 13.8 Å². The summed E-state index contributed by atoms with van der Waals surface area (Å²) < 4.78 is 15.1. The Morgan fingerprint density at radius 3 is 2.14 bits per heavy atom. The third-order valence-corrected chi connectivity index (χ3v) is 2.59. The zero-order valence-corrected chi connectivity index (χ0v) is 13.4. The second-order valence-electron chi connectivity index (χ2n) is 4.23. The van der Waals surface area contributed by atoms with E-state index in [9.17, 15) is 9.59 Å². The molecule has 0 rings (SSSR count). The van der Waals surface area contributed by atoms with Crippen LogP contribution in [0.5, 0.6) is 0 Å². The van der Waals surface area contributed by atoms with Crippen LogP contribution in [0.1, 0.15) is 47.0 Å². The van der Waals surface area contributed by atoms with Crippen molar-refractivity contribution >= 4 is 11.9 Å². The van der Waals surface area contributed by atoms with Crippen molar-refractivity contribution in [3.63, 3.8) is 0 Å². The van der Waals surface area contributed by atoms with Gasteiger partial charge in [0.15, 0.2) is 0 Å². The molecular weight excluding hydrogens is 272 g/mol. The van der Waals surface area contributed by atoms with Gasteiger partial charge in [0.25, 0.3) is 0 Å². The number of rotatable bonds is 10. The molecule has 0 aromatic heterocycles. The number of carbonyl (C=O) groups excluding carboxylic acids is 2. The highest BCUT2D eigenvalue weighted by molar-refractivity contribution is 5.96. The van der Waals surface area contributed by atoms with E-state index in [1.54, 1.807) is 13.8 Å². The Kier molecular flexibility index (Phi) is 11.0. The molecule has 0 amide bonds. The van der Waals surface area contributed by atoms with Crippen LogP contribution in [0.15, 0.2) is 23.5 Å². The molecule has 0 saturated carbocycles. The normalized spacial score (nSPS) is 12.0. The first-order valence-electron chi connectivity index (χ1n) is 7.47. The highest BCUT2D eigenvalue weighted by atomic mass is 16.5. The summed E-state index contributed by atoms with van der Waals surface area (Å²) in [5, 5.41) is 0. The molecule has 21 heavy (non-hydrogen) atoms. The summed E-state index contributed by atoms with van der Waals surface area (Å²) in [4.78, 5) is 23.7. The summed E-state index contributed by atoms with van der Waals surface area (Å²) in [6.45, 7) is 8.32. The predicted molar refractivity (Wildman–Crippen MR) is 80.6 cm³/mol. The van der Waals surface area contributed by atoms with Crippen molar-refractivity contribution < 1.29 is 23.8 Å². The van der Waals surface area contributed by atoms with E-state index in [4.69, 9.17) is 14.2 Å². The van der Waals surface area contributed by atoms with Crippen LogP contribution >= 0.6 is 0 Å². The topological polar surface area (TPSA) is 61.8 Å². The van der Waals surface area contributed by atoms with E-state index in [1.165, 1.54) is 12.3 Å². The first-order valence-corrected chi connectivity index (χ1v) is 7.47. The lowest BCUT2D eigenvalue weighted by Gasteiger charge is -2.11. The Bertz CT molecular complexity index is 382. The molecule has 0 aromatic carbocycles. The highest BCUT2D eigenvalue weighted by Gasteiger charge is 2.18. The Labute approximate surface area is 126 Å². The van der Waals surface area contributed by atoms with Crippen LogP contribution in [-0.4, -0.2) is 31.8 Å². The fraction of sp³-hybridized carbons (Fsp3) is 0.625. The molecule has 0 heterocycles. The maximum absolute atomic E-state index is 12.0. The first kappa shape index (κ1) is 19.2. The third-order valence-electron chi connectivity index (χ3n) is 2.59. The third kappa shape index (κ3) is 8.17. The fourth-order valence-electron chi connectivity index (χ4n) is 1.61. The molecule has 0 radical (unpaired) electrons. The molecule has 5 heteroatoms. The number of unbranched alkanes of at least 4 members (excludes halogenated alkanes) is 1. The smallest absolute Gasteiger partial charge is 0.341 e. The standard InChI is InChI=1S/C16H26O5/c1-5-9-10-13(11-15(17)20-7-3)14(12-19-6-2)16(18)21-8-4/h11-12H,5-10H2,1-4H3. The van der Waals surface area contributed by atoms with Crippen LogP contribution in [0.2, 0.25) is 0 Å². The van der Waals surface area contributed by atoms with Gasteiger partial charge < -0.3 is 14.2 Å². The maximum Gasteiger partial charge on any atom is 0.341 e. The number of carbonyl (C=O) groups is 2. The second-order valence-corrected chi connectivity index (χ2v) is 4.23. The molecule has 0 aliphatic heterocycles. The van der Waals surface area contributed by atoms with E-state index in [-0.39, 0.29) is 12.2 Å². The van der Waals surface area contributed by atoms with Crippen LogP contribution in [0.25, 0.3) is 0 Å². The minimum Gasteiger partial charge on any atom is -0.501 e. The van der Waals surface area contributed by atoms with Gasteiger partial charge >= 0.3 is 11.9 Å². The lowest BCUT2D eigenvalue weighted by molar-refractivity contribution is -0.138. The average molecular weight is 298 g/mol. The molecule has 0 unspecified atom stereocenters. The fourth-order valence-corrected chi connectivity index (χ4v) is 1.61. The summed E-state index contributed by atoms with van der Waals surface area (Å²) in [5.74, 6) is -0.951. The van der Waals surface area contributed by atoms with Crippen molar-refractivity contribution in [2.45, 2.75) is 47.0 Å². The second kappa shape index (κ2) is 12.0. The van der Waals surface area contributed by atoms with Gasteiger partial charge in [-0.05, 0) is 39.2 Å². The summed E-state index contributed by atoms with van der Waals surface area (Å²) in [6.07, 6.45) is 5.10. The molecular formula is C16H26O5. The van der Waals surface area contributed by atoms with Gasteiger partial charge in [-0.3, -0.25) is 0 Å². The average Bonchev–Trinajstić information content (AvgIpc) is 2.45. The Morgan fingerprint density at radius 1 is 0.952 bits per heavy atom. The first-order chi connectivity index (χ1) is 10.1. The Balaban J connectivity index is 5.34. The predicted octanol–water partition coefficient (Wildman–Crippen LogP) is 3.15. The van der Waals surface area contributed by atoms with Gasteiger partial charge in [-0.15, -0.1) is 0 Å². The zero-order chi connectivity index (χ0) is 16.1. The van der Waals surface area contributed by atoms with Gasteiger partial charge in [0.2, 0.25) is 0 Å². The van der Waals surface area contributed by atoms with Gasteiger partial charge in [0, 0.05) is 6.08 Å². The van der Waals surface area contributed by atoms with Crippen molar-refractivity contribution in [2.75, 3.05) is 19.8 Å². The number of hydrogen-bond donors (Lipinski definition) is 0. The molecule has 120 valence electrons. The molecule has 5 nitrogen and oxygen atoms in total. The Morgan fingerprint density at radius 2 is 1.62 bits per heavy atom. The summed E-state index contributed by atoms with van der Waals surface area (Å²) >= 11 is 0. The molecule has 0 aliphatic rings. The maximum atomic E-state index is 12.0. The van der Waals surface area contributed by atoms with Crippen LogP contribution in [0.3, 0.4) is 0 Å². The van der Waals surface area contributed by atoms with E-state index >= 15 is 0 Å². The lowest BCUT2D eigenvalue weighted by Crippen LogP contribution is -2.12. The van der Waals surface area contributed by atoms with Crippen molar-refractivity contribution in [2.24, 2.45) is 0 Å². The highest BCUT2D eigenvalue weighted by Crippen LogP contribution is 2.19. The molecule has 0 aliphatic carbocycles. The van der Waals surface area contributed by atoms with Crippen molar-refractivity contribution in [3.8, 4) is 0 Å². The van der Waals surface area contributed by atoms with E-state index in [0.717, 1.165) is 12.8 Å². The van der Waals surface area contributed by atoms with Gasteiger partial charge in [-0.2, -0.15) is 0 Å². The van der Waals surface area contributed by atoms with Crippen molar-refractivity contribution in [3.05, 3.63) is 23.5 Å². The lowest BCUT2D eigenvalue weighted by atomic mass is 10.0. The van der Waals surface area contributed by atoms with Crippen LogP contribution in [0, 0.1) is 0 Å². The minimum absolute atomic E-state index is 0.267. The Hall–Kier alpha value is -1.78. The van der Waals surface area contributed by atoms with Crippen molar-refractivity contribution in [1.29, 1.82) is 0 Å². The van der Waals surface area contributed by atoms with Crippen LogP contribution in [-0.2, 0) is 23.8 Å². The molecule has 0 saturated heterocycles. The summed E-state index contributed by atoms with van der Waals surface area (Å²) in [7, 11) is 0. The van der Waals surface area contributed by atoms with Gasteiger partial charge in [-0.25, -0.2) is 9.59 Å². The van der Waals surface area contributed by atoms with Crippen LogP contribution < -0.4 is 0 Å².